The number of anilines is 2. The van der Waals surface area contributed by atoms with Gasteiger partial charge < -0.3 is 15.1 Å². The summed E-state index contributed by atoms with van der Waals surface area (Å²) in [7, 11) is -3.69. The molecular formula is C18H16ClN3O3S2. The lowest BCUT2D eigenvalue weighted by Crippen LogP contribution is -2.27. The minimum absolute atomic E-state index is 0.137. The molecule has 9 heteroatoms. The zero-order chi connectivity index (χ0) is 19.3. The number of rotatable bonds is 6. The van der Waals surface area contributed by atoms with Crippen LogP contribution in [0.25, 0.3) is 0 Å². The Labute approximate surface area is 167 Å². The summed E-state index contributed by atoms with van der Waals surface area (Å²) in [5.41, 5.74) is 1.10. The number of hydrogen-bond donors (Lipinski definition) is 3. The van der Waals surface area contributed by atoms with Crippen molar-refractivity contribution >= 4 is 50.3 Å². The van der Waals surface area contributed by atoms with Crippen LogP contribution in [0, 0.1) is 0 Å². The van der Waals surface area contributed by atoms with Crippen LogP contribution < -0.4 is 15.4 Å². The molecule has 3 rings (SSSR count). The molecule has 0 spiro atoms. The van der Waals surface area contributed by atoms with Gasteiger partial charge in [-0.2, -0.15) is 0 Å². The van der Waals surface area contributed by atoms with E-state index in [1.165, 1.54) is 12.1 Å². The highest BCUT2D eigenvalue weighted by Gasteiger charge is 2.14. The van der Waals surface area contributed by atoms with E-state index in [4.69, 9.17) is 28.2 Å². The Morgan fingerprint density at radius 1 is 1.00 bits per heavy atom. The third-order valence-electron chi connectivity index (χ3n) is 3.52. The fourth-order valence-electron chi connectivity index (χ4n) is 2.21. The first kappa shape index (κ1) is 19.2. The van der Waals surface area contributed by atoms with Crippen molar-refractivity contribution in [1.82, 2.24) is 5.32 Å². The number of benzene rings is 2. The van der Waals surface area contributed by atoms with Crippen LogP contribution in [-0.2, 0) is 16.6 Å². The number of furan rings is 1. The van der Waals surface area contributed by atoms with Crippen LogP contribution in [0.3, 0.4) is 0 Å². The van der Waals surface area contributed by atoms with E-state index < -0.39 is 10.0 Å². The molecule has 0 saturated carbocycles. The second-order valence-corrected chi connectivity index (χ2v) is 8.05. The number of halogens is 1. The van der Waals surface area contributed by atoms with Gasteiger partial charge in [0.2, 0.25) is 0 Å². The zero-order valence-corrected chi connectivity index (χ0v) is 16.4. The van der Waals surface area contributed by atoms with Crippen molar-refractivity contribution in [1.29, 1.82) is 0 Å². The maximum absolute atomic E-state index is 12.4. The summed E-state index contributed by atoms with van der Waals surface area (Å²) in [6, 6.07) is 16.3. The Morgan fingerprint density at radius 2 is 1.67 bits per heavy atom. The van der Waals surface area contributed by atoms with E-state index in [0.717, 1.165) is 5.76 Å². The molecule has 0 amide bonds. The second-order valence-electron chi connectivity index (χ2n) is 5.52. The lowest BCUT2D eigenvalue weighted by molar-refractivity contribution is 0.503. The Kier molecular flexibility index (Phi) is 6.00. The highest BCUT2D eigenvalue weighted by atomic mass is 35.5. The van der Waals surface area contributed by atoms with Gasteiger partial charge in [0.25, 0.3) is 10.0 Å². The quantitative estimate of drug-likeness (QED) is 0.517. The van der Waals surface area contributed by atoms with Crippen molar-refractivity contribution < 1.29 is 12.8 Å². The molecule has 3 N–H and O–H groups in total. The molecule has 0 atom stereocenters. The summed E-state index contributed by atoms with van der Waals surface area (Å²) < 4.78 is 32.6. The van der Waals surface area contributed by atoms with Crippen LogP contribution >= 0.6 is 23.8 Å². The molecule has 0 aliphatic rings. The summed E-state index contributed by atoms with van der Waals surface area (Å²) in [4.78, 5) is 0.137. The lowest BCUT2D eigenvalue weighted by Gasteiger charge is -2.11. The molecule has 1 heterocycles. The highest BCUT2D eigenvalue weighted by Crippen LogP contribution is 2.20. The second kappa shape index (κ2) is 8.43. The van der Waals surface area contributed by atoms with E-state index in [9.17, 15) is 8.42 Å². The first-order chi connectivity index (χ1) is 12.9. The van der Waals surface area contributed by atoms with Crippen molar-refractivity contribution in [3.63, 3.8) is 0 Å². The van der Waals surface area contributed by atoms with E-state index >= 15 is 0 Å². The minimum atomic E-state index is -3.69. The number of nitrogens with one attached hydrogen (secondary N) is 3. The Balaban J connectivity index is 1.60. The van der Waals surface area contributed by atoms with E-state index in [0.29, 0.717) is 28.1 Å². The molecule has 0 fully saturated rings. The van der Waals surface area contributed by atoms with Gasteiger partial charge in [-0.05, 0) is 72.9 Å². The molecule has 0 bridgehead atoms. The van der Waals surface area contributed by atoms with Crippen molar-refractivity contribution in [3.05, 3.63) is 77.7 Å². The van der Waals surface area contributed by atoms with Gasteiger partial charge >= 0.3 is 0 Å². The molecule has 0 saturated heterocycles. The molecule has 0 aliphatic heterocycles. The van der Waals surface area contributed by atoms with Crippen LogP contribution in [0.4, 0.5) is 11.4 Å². The minimum Gasteiger partial charge on any atom is -0.467 e. The number of thiocarbonyl (C=S) groups is 1. The smallest absolute Gasteiger partial charge is 0.261 e. The van der Waals surface area contributed by atoms with Gasteiger partial charge in [0.1, 0.15) is 5.76 Å². The van der Waals surface area contributed by atoms with Gasteiger partial charge in [0.15, 0.2) is 5.11 Å². The van der Waals surface area contributed by atoms with Crippen LogP contribution in [0.5, 0.6) is 0 Å². The molecule has 27 heavy (non-hydrogen) atoms. The topological polar surface area (TPSA) is 83.4 Å². The molecule has 3 aromatic rings. The molecule has 140 valence electrons. The largest absolute Gasteiger partial charge is 0.467 e. The number of hydrogen-bond acceptors (Lipinski definition) is 4. The summed E-state index contributed by atoms with van der Waals surface area (Å²) in [6.07, 6.45) is 1.59. The molecule has 1 aromatic heterocycles. The average molecular weight is 422 g/mol. The maximum atomic E-state index is 12.4. The monoisotopic (exact) mass is 421 g/mol. The van der Waals surface area contributed by atoms with Gasteiger partial charge in [-0.15, -0.1) is 0 Å². The van der Waals surface area contributed by atoms with E-state index in [-0.39, 0.29) is 4.90 Å². The van der Waals surface area contributed by atoms with Gasteiger partial charge in [0.05, 0.1) is 17.7 Å². The molecule has 0 aliphatic carbocycles. The summed E-state index contributed by atoms with van der Waals surface area (Å²) >= 11 is 11.0. The van der Waals surface area contributed by atoms with Crippen LogP contribution in [0.2, 0.25) is 5.02 Å². The SMILES string of the molecule is O=S(=O)(Nc1ccc(Cl)cc1)c1ccc(NC(=S)NCc2ccco2)cc1. The summed E-state index contributed by atoms with van der Waals surface area (Å²) in [5, 5.41) is 6.92. The molecular weight excluding hydrogens is 406 g/mol. The van der Waals surface area contributed by atoms with Gasteiger partial charge in [0, 0.05) is 16.4 Å². The summed E-state index contributed by atoms with van der Waals surface area (Å²) in [5.74, 6) is 0.758. The fraction of sp³-hybridized carbons (Fsp3) is 0.0556. The van der Waals surface area contributed by atoms with E-state index in [2.05, 4.69) is 15.4 Å². The van der Waals surface area contributed by atoms with Gasteiger partial charge in [-0.3, -0.25) is 4.72 Å². The van der Waals surface area contributed by atoms with E-state index in [1.807, 2.05) is 6.07 Å². The Morgan fingerprint density at radius 3 is 2.30 bits per heavy atom. The van der Waals surface area contributed by atoms with E-state index in [1.54, 1.807) is 48.7 Å². The summed E-state index contributed by atoms with van der Waals surface area (Å²) in [6.45, 7) is 0.455. The normalized spacial score (nSPS) is 11.0. The maximum Gasteiger partial charge on any atom is 0.261 e. The molecule has 0 radical (unpaired) electrons. The fourth-order valence-corrected chi connectivity index (χ4v) is 3.58. The van der Waals surface area contributed by atoms with Crippen molar-refractivity contribution in [3.8, 4) is 0 Å². The third-order valence-corrected chi connectivity index (χ3v) is 5.42. The zero-order valence-electron chi connectivity index (χ0n) is 14.0. The molecule has 2 aromatic carbocycles. The predicted octanol–water partition coefficient (Wildman–Crippen LogP) is 4.22. The van der Waals surface area contributed by atoms with Crippen molar-refractivity contribution in [2.45, 2.75) is 11.4 Å². The van der Waals surface area contributed by atoms with Crippen LogP contribution in [0.1, 0.15) is 5.76 Å². The predicted molar refractivity (Wildman–Crippen MR) is 110 cm³/mol. The van der Waals surface area contributed by atoms with Gasteiger partial charge in [-0.1, -0.05) is 11.6 Å². The Bertz CT molecular complexity index is 1000. The Hall–Kier alpha value is -2.55. The van der Waals surface area contributed by atoms with Crippen LogP contribution in [0.15, 0.2) is 76.2 Å². The van der Waals surface area contributed by atoms with Gasteiger partial charge in [-0.25, -0.2) is 8.42 Å². The van der Waals surface area contributed by atoms with Crippen LogP contribution in [-0.4, -0.2) is 13.5 Å². The van der Waals surface area contributed by atoms with Crippen molar-refractivity contribution in [2.75, 3.05) is 10.0 Å². The first-order valence-corrected chi connectivity index (χ1v) is 10.1. The first-order valence-electron chi connectivity index (χ1n) is 7.88. The lowest BCUT2D eigenvalue weighted by atomic mass is 10.3. The highest BCUT2D eigenvalue weighted by molar-refractivity contribution is 7.92. The standard InChI is InChI=1S/C18H16ClN3O3S2/c19-13-3-5-15(6-4-13)22-27(23,24)17-9-7-14(8-10-17)21-18(26)20-12-16-2-1-11-25-16/h1-11,22H,12H2,(H2,20,21,26). The number of sulfonamides is 1. The third kappa shape index (κ3) is 5.46. The molecule has 0 unspecified atom stereocenters. The van der Waals surface area contributed by atoms with Crippen molar-refractivity contribution in [2.24, 2.45) is 0 Å². The average Bonchev–Trinajstić information content (AvgIpc) is 3.16. The molecule has 6 nitrogen and oxygen atoms in total.